The van der Waals surface area contributed by atoms with Crippen molar-refractivity contribution in [3.8, 4) is 0 Å². The molecule has 2 heteroatoms. The third-order valence-electron chi connectivity index (χ3n) is 10.3. The minimum Gasteiger partial charge on any atom is -0.390 e. The third kappa shape index (κ3) is 3.75. The fourth-order valence-corrected chi connectivity index (χ4v) is 8.72. The van der Waals surface area contributed by atoms with E-state index in [0.29, 0.717) is 28.6 Å². The monoisotopic (exact) mass is 402 g/mol. The molecule has 0 aromatic rings. The van der Waals surface area contributed by atoms with Crippen LogP contribution in [0.2, 0.25) is 0 Å². The largest absolute Gasteiger partial charge is 0.390 e. The Kier molecular flexibility index (Phi) is 5.78. The van der Waals surface area contributed by atoms with E-state index in [9.17, 15) is 10.2 Å². The summed E-state index contributed by atoms with van der Waals surface area (Å²) < 4.78 is 0. The molecule has 29 heavy (non-hydrogen) atoms. The second-order valence-electron chi connectivity index (χ2n) is 12.5. The lowest BCUT2D eigenvalue weighted by atomic mass is 9.46. The smallest absolute Gasteiger partial charge is 0.0757 e. The highest BCUT2D eigenvalue weighted by Gasteiger charge is 2.60. The van der Waals surface area contributed by atoms with E-state index in [0.717, 1.165) is 24.7 Å². The maximum atomic E-state index is 11.3. The van der Waals surface area contributed by atoms with E-state index >= 15 is 0 Å². The molecule has 0 spiro atoms. The van der Waals surface area contributed by atoms with Gasteiger partial charge in [0.05, 0.1) is 11.7 Å². The summed E-state index contributed by atoms with van der Waals surface area (Å²) in [6, 6.07) is 0. The molecule has 2 N–H and O–H groups in total. The van der Waals surface area contributed by atoms with Gasteiger partial charge in [0.25, 0.3) is 0 Å². The van der Waals surface area contributed by atoms with Crippen LogP contribution in [0, 0.1) is 40.4 Å². The van der Waals surface area contributed by atoms with Crippen molar-refractivity contribution in [2.45, 2.75) is 117 Å². The lowest BCUT2D eigenvalue weighted by molar-refractivity contribution is -0.0923. The summed E-state index contributed by atoms with van der Waals surface area (Å²) >= 11 is 0. The normalized spacial score (nSPS) is 45.8. The van der Waals surface area contributed by atoms with Crippen LogP contribution in [-0.4, -0.2) is 21.9 Å². The maximum absolute atomic E-state index is 11.3. The van der Waals surface area contributed by atoms with E-state index < -0.39 is 5.60 Å². The van der Waals surface area contributed by atoms with Crippen LogP contribution in [0.5, 0.6) is 0 Å². The van der Waals surface area contributed by atoms with Crippen molar-refractivity contribution in [1.82, 2.24) is 0 Å². The number of aliphatic hydroxyl groups is 2. The van der Waals surface area contributed by atoms with Crippen molar-refractivity contribution < 1.29 is 10.2 Å². The van der Waals surface area contributed by atoms with Crippen LogP contribution in [-0.2, 0) is 0 Å². The van der Waals surface area contributed by atoms with Crippen molar-refractivity contribution in [1.29, 1.82) is 0 Å². The Bertz CT molecular complexity index is 631. The molecule has 4 aliphatic rings. The summed E-state index contributed by atoms with van der Waals surface area (Å²) in [7, 11) is 0. The molecule has 3 fully saturated rings. The minimum absolute atomic E-state index is 0.213. The topological polar surface area (TPSA) is 40.5 Å². The summed E-state index contributed by atoms with van der Waals surface area (Å²) in [6.45, 7) is 11.4. The average molecular weight is 403 g/mol. The van der Waals surface area contributed by atoms with Gasteiger partial charge in [0.15, 0.2) is 0 Å². The van der Waals surface area contributed by atoms with Crippen molar-refractivity contribution >= 4 is 0 Å². The molecule has 3 saturated carbocycles. The van der Waals surface area contributed by atoms with E-state index in [1.165, 1.54) is 57.8 Å². The van der Waals surface area contributed by atoms with Crippen molar-refractivity contribution in [3.63, 3.8) is 0 Å². The maximum Gasteiger partial charge on any atom is 0.0757 e. The van der Waals surface area contributed by atoms with Gasteiger partial charge in [0, 0.05) is 0 Å². The first-order chi connectivity index (χ1) is 13.6. The molecule has 0 aromatic carbocycles. The summed E-state index contributed by atoms with van der Waals surface area (Å²) in [5, 5.41) is 21.3. The van der Waals surface area contributed by atoms with Crippen LogP contribution in [0.3, 0.4) is 0 Å². The first-order valence-electron chi connectivity index (χ1n) is 12.7. The van der Waals surface area contributed by atoms with E-state index in [1.54, 1.807) is 5.57 Å². The number of rotatable bonds is 5. The highest BCUT2D eigenvalue weighted by molar-refractivity contribution is 5.27. The highest BCUT2D eigenvalue weighted by Crippen LogP contribution is 2.67. The van der Waals surface area contributed by atoms with Gasteiger partial charge in [-0.2, -0.15) is 0 Å². The number of hydrogen-bond acceptors (Lipinski definition) is 2. The van der Waals surface area contributed by atoms with Crippen molar-refractivity contribution in [2.24, 2.45) is 40.4 Å². The van der Waals surface area contributed by atoms with Crippen LogP contribution < -0.4 is 0 Å². The van der Waals surface area contributed by atoms with Crippen molar-refractivity contribution in [3.05, 3.63) is 11.6 Å². The van der Waals surface area contributed by atoms with Gasteiger partial charge in [0.1, 0.15) is 0 Å². The molecule has 4 aliphatic carbocycles. The Morgan fingerprint density at radius 3 is 2.59 bits per heavy atom. The average Bonchev–Trinajstić information content (AvgIpc) is 2.98. The van der Waals surface area contributed by atoms with Gasteiger partial charge < -0.3 is 10.2 Å². The van der Waals surface area contributed by atoms with Gasteiger partial charge >= 0.3 is 0 Å². The Labute approximate surface area is 179 Å². The molecule has 166 valence electrons. The number of hydrogen-bond donors (Lipinski definition) is 2. The van der Waals surface area contributed by atoms with Crippen molar-refractivity contribution in [2.75, 3.05) is 0 Å². The summed E-state index contributed by atoms with van der Waals surface area (Å²) in [6.07, 6.45) is 15.9. The molecule has 0 aliphatic heterocycles. The van der Waals surface area contributed by atoms with Crippen LogP contribution in [0.1, 0.15) is 105 Å². The molecule has 0 saturated heterocycles. The quantitative estimate of drug-likeness (QED) is 0.515. The van der Waals surface area contributed by atoms with Gasteiger partial charge in [0.2, 0.25) is 0 Å². The molecular formula is C27H46O2. The predicted octanol–water partition coefficient (Wildman–Crippen LogP) is 6.50. The number of fused-ring (bicyclic) bond motifs is 5. The zero-order valence-corrected chi connectivity index (χ0v) is 19.7. The molecule has 1 unspecified atom stereocenters. The van der Waals surface area contributed by atoms with Gasteiger partial charge in [-0.15, -0.1) is 0 Å². The Hall–Kier alpha value is -0.340. The van der Waals surface area contributed by atoms with Gasteiger partial charge in [-0.25, -0.2) is 0 Å². The van der Waals surface area contributed by atoms with Crippen LogP contribution in [0.4, 0.5) is 0 Å². The van der Waals surface area contributed by atoms with E-state index in [2.05, 4.69) is 26.8 Å². The second kappa shape index (κ2) is 7.66. The molecule has 2 nitrogen and oxygen atoms in total. The predicted molar refractivity (Wildman–Crippen MR) is 121 cm³/mol. The van der Waals surface area contributed by atoms with E-state index in [1.807, 2.05) is 13.8 Å². The fraction of sp³-hybridized carbons (Fsp3) is 0.926. The van der Waals surface area contributed by atoms with E-state index in [-0.39, 0.29) is 6.10 Å². The third-order valence-corrected chi connectivity index (χ3v) is 10.3. The first-order valence-corrected chi connectivity index (χ1v) is 12.7. The lowest BCUT2D eigenvalue weighted by Crippen LogP contribution is -2.54. The standard InChI is InChI=1S/C27H46O2/c1-18(9-8-14-25(2,3)29)20-11-12-21-24-22(13-16-27(20,21)5)26(4)15-7-6-10-19(26)17-23(24)28/h17-18,20-24,28-29H,6-16H2,1-5H3/t18-,20-,21+,22+,23?,24+,26+,27-/m1/s1. The SMILES string of the molecule is C[C@H](CCCC(C)(C)O)[C@H]1CC[C@H]2[C@@H]3C(O)C=C4CCCC[C@]4(C)[C@H]3CC[C@]12C. The number of aliphatic hydroxyl groups excluding tert-OH is 1. The van der Waals surface area contributed by atoms with Crippen LogP contribution in [0.25, 0.3) is 0 Å². The summed E-state index contributed by atoms with van der Waals surface area (Å²) in [4.78, 5) is 0. The Balaban J connectivity index is 1.51. The minimum atomic E-state index is -0.536. The molecular weight excluding hydrogens is 356 g/mol. The van der Waals surface area contributed by atoms with Gasteiger partial charge in [-0.3, -0.25) is 0 Å². The Morgan fingerprint density at radius 1 is 1.10 bits per heavy atom. The molecule has 8 atom stereocenters. The Morgan fingerprint density at radius 2 is 1.86 bits per heavy atom. The summed E-state index contributed by atoms with van der Waals surface area (Å²) in [5.74, 6) is 3.37. The van der Waals surface area contributed by atoms with Crippen LogP contribution in [0.15, 0.2) is 11.6 Å². The molecule has 0 radical (unpaired) electrons. The molecule has 4 rings (SSSR count). The second-order valence-corrected chi connectivity index (χ2v) is 12.5. The fourth-order valence-electron chi connectivity index (χ4n) is 8.72. The molecule has 0 aromatic heterocycles. The lowest BCUT2D eigenvalue weighted by Gasteiger charge is -2.59. The van der Waals surface area contributed by atoms with Crippen LogP contribution >= 0.6 is 0 Å². The zero-order valence-electron chi connectivity index (χ0n) is 19.7. The number of allylic oxidation sites excluding steroid dienone is 1. The molecule has 0 amide bonds. The van der Waals surface area contributed by atoms with Gasteiger partial charge in [-0.1, -0.05) is 51.7 Å². The molecule has 0 heterocycles. The molecule has 0 bridgehead atoms. The summed E-state index contributed by atoms with van der Waals surface area (Å²) in [5.41, 5.74) is 1.81. The van der Waals surface area contributed by atoms with E-state index in [4.69, 9.17) is 0 Å². The van der Waals surface area contributed by atoms with Gasteiger partial charge in [-0.05, 0) is 106 Å². The zero-order chi connectivity index (χ0) is 21.0. The first kappa shape index (κ1) is 21.9. The highest BCUT2D eigenvalue weighted by atomic mass is 16.3.